The molecule has 1 N–H and O–H groups in total. The Hall–Kier alpha value is -1.33. The molecule has 1 aromatic rings. The van der Waals surface area contributed by atoms with E-state index in [1.54, 1.807) is 13.2 Å². The van der Waals surface area contributed by atoms with Crippen molar-refractivity contribution in [2.45, 2.75) is 19.5 Å². The molecule has 1 aromatic heterocycles. The van der Waals surface area contributed by atoms with Gasteiger partial charge in [0.15, 0.2) is 0 Å². The fourth-order valence-electron chi connectivity index (χ4n) is 2.09. The van der Waals surface area contributed by atoms with Crippen LogP contribution in [0.25, 0.3) is 0 Å². The highest BCUT2D eigenvalue weighted by atomic mass is 16.4. The molecule has 1 atom stereocenters. The van der Waals surface area contributed by atoms with Crippen LogP contribution in [-0.2, 0) is 11.3 Å². The number of nitrogens with zero attached hydrogens (tertiary/aromatic N) is 2. The van der Waals surface area contributed by atoms with Gasteiger partial charge in [-0.1, -0.05) is 0 Å². The third kappa shape index (κ3) is 3.08. The van der Waals surface area contributed by atoms with E-state index in [2.05, 4.69) is 4.90 Å². The number of piperazine rings is 1. The SMILES string of the molecule is CC(C(=O)O)N1CCN(Cc2ccco2)CC1. The van der Waals surface area contributed by atoms with Crippen molar-refractivity contribution in [3.63, 3.8) is 0 Å². The molecule has 94 valence electrons. The monoisotopic (exact) mass is 238 g/mol. The second-order valence-corrected chi connectivity index (χ2v) is 4.41. The molecular formula is C12H18N2O3. The summed E-state index contributed by atoms with van der Waals surface area (Å²) < 4.78 is 5.30. The first-order valence-corrected chi connectivity index (χ1v) is 5.88. The Morgan fingerprint density at radius 2 is 2.18 bits per heavy atom. The van der Waals surface area contributed by atoms with E-state index in [1.165, 1.54) is 0 Å². The van der Waals surface area contributed by atoms with E-state index >= 15 is 0 Å². The number of carbonyl (C=O) groups is 1. The highest BCUT2D eigenvalue weighted by Crippen LogP contribution is 2.10. The van der Waals surface area contributed by atoms with Crippen LogP contribution >= 0.6 is 0 Å². The van der Waals surface area contributed by atoms with Crippen molar-refractivity contribution in [2.75, 3.05) is 26.2 Å². The van der Waals surface area contributed by atoms with Gasteiger partial charge >= 0.3 is 5.97 Å². The first kappa shape index (κ1) is 12.1. The summed E-state index contributed by atoms with van der Waals surface area (Å²) in [6.07, 6.45) is 1.68. The van der Waals surface area contributed by atoms with Gasteiger partial charge in [-0.15, -0.1) is 0 Å². The van der Waals surface area contributed by atoms with E-state index in [4.69, 9.17) is 9.52 Å². The number of carboxylic acid groups (broad SMARTS) is 1. The predicted octanol–water partition coefficient (Wildman–Crippen LogP) is 0.870. The quantitative estimate of drug-likeness (QED) is 0.843. The van der Waals surface area contributed by atoms with Crippen LogP contribution in [0.15, 0.2) is 22.8 Å². The lowest BCUT2D eigenvalue weighted by Crippen LogP contribution is -2.51. The molecule has 0 aromatic carbocycles. The van der Waals surface area contributed by atoms with E-state index in [1.807, 2.05) is 17.0 Å². The summed E-state index contributed by atoms with van der Waals surface area (Å²) in [4.78, 5) is 15.1. The van der Waals surface area contributed by atoms with Gasteiger partial charge in [-0.05, 0) is 19.1 Å². The number of hydrogen-bond acceptors (Lipinski definition) is 4. The Bertz CT molecular complexity index is 356. The summed E-state index contributed by atoms with van der Waals surface area (Å²) in [7, 11) is 0. The van der Waals surface area contributed by atoms with Crippen LogP contribution in [0.3, 0.4) is 0 Å². The zero-order valence-corrected chi connectivity index (χ0v) is 10.0. The molecule has 0 aliphatic carbocycles. The topological polar surface area (TPSA) is 56.9 Å². The molecule has 0 amide bonds. The molecular weight excluding hydrogens is 220 g/mol. The maximum Gasteiger partial charge on any atom is 0.320 e. The largest absolute Gasteiger partial charge is 0.480 e. The average molecular weight is 238 g/mol. The van der Waals surface area contributed by atoms with Crippen molar-refractivity contribution >= 4 is 5.97 Å². The number of furan rings is 1. The van der Waals surface area contributed by atoms with Crippen LogP contribution in [0.2, 0.25) is 0 Å². The van der Waals surface area contributed by atoms with Gasteiger partial charge in [0.25, 0.3) is 0 Å². The molecule has 1 aliphatic heterocycles. The molecule has 0 radical (unpaired) electrons. The normalized spacial score (nSPS) is 20.3. The Labute approximate surface area is 101 Å². The first-order chi connectivity index (χ1) is 8.16. The lowest BCUT2D eigenvalue weighted by Gasteiger charge is -2.36. The maximum absolute atomic E-state index is 10.9. The van der Waals surface area contributed by atoms with Crippen molar-refractivity contribution in [3.05, 3.63) is 24.2 Å². The Kier molecular flexibility index (Phi) is 3.81. The molecule has 0 saturated carbocycles. The van der Waals surface area contributed by atoms with E-state index in [9.17, 15) is 4.79 Å². The van der Waals surface area contributed by atoms with Gasteiger partial charge in [0, 0.05) is 26.2 Å². The van der Waals surface area contributed by atoms with Crippen molar-refractivity contribution < 1.29 is 14.3 Å². The zero-order chi connectivity index (χ0) is 12.3. The maximum atomic E-state index is 10.9. The Balaban J connectivity index is 1.80. The van der Waals surface area contributed by atoms with E-state index in [-0.39, 0.29) is 6.04 Å². The van der Waals surface area contributed by atoms with Gasteiger partial charge in [-0.3, -0.25) is 14.6 Å². The molecule has 0 bridgehead atoms. The Morgan fingerprint density at radius 3 is 2.71 bits per heavy atom. The number of carboxylic acids is 1. The number of aliphatic carboxylic acids is 1. The third-order valence-corrected chi connectivity index (χ3v) is 3.27. The standard InChI is InChI=1S/C12H18N2O3/c1-10(12(15)16)14-6-4-13(5-7-14)9-11-3-2-8-17-11/h2-3,8,10H,4-7,9H2,1H3,(H,15,16). The first-order valence-electron chi connectivity index (χ1n) is 5.88. The average Bonchev–Trinajstić information content (AvgIpc) is 2.82. The highest BCUT2D eigenvalue weighted by Gasteiger charge is 2.25. The minimum absolute atomic E-state index is 0.388. The molecule has 5 nitrogen and oxygen atoms in total. The van der Waals surface area contributed by atoms with Crippen molar-refractivity contribution in [1.29, 1.82) is 0 Å². The van der Waals surface area contributed by atoms with Gasteiger partial charge in [0.1, 0.15) is 11.8 Å². The van der Waals surface area contributed by atoms with E-state index in [0.717, 1.165) is 38.5 Å². The van der Waals surface area contributed by atoms with Gasteiger partial charge in [0.2, 0.25) is 0 Å². The van der Waals surface area contributed by atoms with Crippen molar-refractivity contribution in [1.82, 2.24) is 9.80 Å². The highest BCUT2D eigenvalue weighted by molar-refractivity contribution is 5.72. The second-order valence-electron chi connectivity index (χ2n) is 4.41. The fourth-order valence-corrected chi connectivity index (χ4v) is 2.09. The van der Waals surface area contributed by atoms with Gasteiger partial charge in [0.05, 0.1) is 12.8 Å². The second kappa shape index (κ2) is 5.33. The van der Waals surface area contributed by atoms with Crippen molar-refractivity contribution in [2.24, 2.45) is 0 Å². The van der Waals surface area contributed by atoms with Crippen LogP contribution in [0, 0.1) is 0 Å². The third-order valence-electron chi connectivity index (χ3n) is 3.27. The summed E-state index contributed by atoms with van der Waals surface area (Å²) in [5.74, 6) is 0.217. The van der Waals surface area contributed by atoms with Crippen LogP contribution in [-0.4, -0.2) is 53.1 Å². The summed E-state index contributed by atoms with van der Waals surface area (Å²) in [5, 5.41) is 8.94. The number of rotatable bonds is 4. The van der Waals surface area contributed by atoms with Crippen LogP contribution in [0.4, 0.5) is 0 Å². The summed E-state index contributed by atoms with van der Waals surface area (Å²) in [6, 6.07) is 3.46. The molecule has 1 unspecified atom stereocenters. The Morgan fingerprint density at radius 1 is 1.47 bits per heavy atom. The molecule has 2 rings (SSSR count). The van der Waals surface area contributed by atoms with Gasteiger partial charge in [-0.2, -0.15) is 0 Å². The minimum Gasteiger partial charge on any atom is -0.480 e. The smallest absolute Gasteiger partial charge is 0.320 e. The zero-order valence-electron chi connectivity index (χ0n) is 10.0. The molecule has 5 heteroatoms. The van der Waals surface area contributed by atoms with E-state index in [0.29, 0.717) is 0 Å². The molecule has 1 fully saturated rings. The summed E-state index contributed by atoms with van der Waals surface area (Å²) >= 11 is 0. The van der Waals surface area contributed by atoms with Crippen LogP contribution in [0.1, 0.15) is 12.7 Å². The molecule has 1 saturated heterocycles. The summed E-state index contributed by atoms with van der Waals surface area (Å²) in [6.45, 7) is 5.92. The van der Waals surface area contributed by atoms with E-state index < -0.39 is 5.97 Å². The van der Waals surface area contributed by atoms with Crippen LogP contribution < -0.4 is 0 Å². The van der Waals surface area contributed by atoms with Crippen LogP contribution in [0.5, 0.6) is 0 Å². The fraction of sp³-hybridized carbons (Fsp3) is 0.583. The molecule has 0 spiro atoms. The summed E-state index contributed by atoms with van der Waals surface area (Å²) in [5.41, 5.74) is 0. The predicted molar refractivity (Wildman–Crippen MR) is 62.7 cm³/mol. The van der Waals surface area contributed by atoms with Gasteiger partial charge in [-0.25, -0.2) is 0 Å². The lowest BCUT2D eigenvalue weighted by atomic mass is 10.2. The molecule has 2 heterocycles. The minimum atomic E-state index is -0.746. The van der Waals surface area contributed by atoms with Gasteiger partial charge < -0.3 is 9.52 Å². The molecule has 1 aliphatic rings. The number of hydrogen-bond donors (Lipinski definition) is 1. The lowest BCUT2D eigenvalue weighted by molar-refractivity contribution is -0.143. The van der Waals surface area contributed by atoms with Crippen molar-refractivity contribution in [3.8, 4) is 0 Å². The molecule has 17 heavy (non-hydrogen) atoms.